The summed E-state index contributed by atoms with van der Waals surface area (Å²) >= 11 is 0. The fourth-order valence-corrected chi connectivity index (χ4v) is 4.26. The highest BCUT2D eigenvalue weighted by atomic mass is 16.3. The third-order valence-corrected chi connectivity index (χ3v) is 6.02. The second-order valence-corrected chi connectivity index (χ2v) is 8.50. The van der Waals surface area contributed by atoms with E-state index in [0.717, 1.165) is 61.9 Å². The molecule has 0 spiro atoms. The third kappa shape index (κ3) is 6.28. The van der Waals surface area contributed by atoms with Gasteiger partial charge >= 0.3 is 0 Å². The van der Waals surface area contributed by atoms with Crippen molar-refractivity contribution in [2.75, 3.05) is 38.0 Å². The number of nitrogens with zero attached hydrogens (tertiary/aromatic N) is 3. The average Bonchev–Trinajstić information content (AvgIpc) is 3.32. The molecule has 2 aromatic carbocycles. The average molecular weight is 432 g/mol. The molecule has 0 saturated carbocycles. The summed E-state index contributed by atoms with van der Waals surface area (Å²) in [5.74, 6) is 1.67. The Labute approximate surface area is 190 Å². The number of hydrogen-bond acceptors (Lipinski definition) is 6. The molecule has 1 atom stereocenters. The van der Waals surface area contributed by atoms with Crippen LogP contribution in [0.15, 0.2) is 60.8 Å². The van der Waals surface area contributed by atoms with E-state index in [-0.39, 0.29) is 0 Å². The summed E-state index contributed by atoms with van der Waals surface area (Å²) in [6, 6.07) is 18.0. The maximum atomic E-state index is 9.60. The van der Waals surface area contributed by atoms with Crippen molar-refractivity contribution in [1.82, 2.24) is 20.2 Å². The second-order valence-electron chi connectivity index (χ2n) is 8.50. The molecule has 6 heteroatoms. The van der Waals surface area contributed by atoms with E-state index < -0.39 is 0 Å². The van der Waals surface area contributed by atoms with E-state index in [1.54, 1.807) is 18.3 Å². The van der Waals surface area contributed by atoms with E-state index in [2.05, 4.69) is 51.7 Å². The molecule has 1 fully saturated rings. The van der Waals surface area contributed by atoms with Gasteiger partial charge in [-0.3, -0.25) is 4.90 Å². The second kappa shape index (κ2) is 11.1. The molecule has 0 radical (unpaired) electrons. The van der Waals surface area contributed by atoms with Crippen molar-refractivity contribution in [3.63, 3.8) is 0 Å². The Balaban J connectivity index is 1.37. The molecule has 1 aliphatic heterocycles. The molecule has 168 valence electrons. The molecule has 6 nitrogen and oxygen atoms in total. The van der Waals surface area contributed by atoms with Gasteiger partial charge in [0.1, 0.15) is 5.75 Å². The molecule has 3 aromatic rings. The van der Waals surface area contributed by atoms with Crippen molar-refractivity contribution >= 4 is 5.95 Å². The minimum Gasteiger partial charge on any atom is -0.508 e. The van der Waals surface area contributed by atoms with Crippen LogP contribution in [0.25, 0.3) is 11.3 Å². The number of phenols is 1. The highest BCUT2D eigenvalue weighted by Gasteiger charge is 2.17. The lowest BCUT2D eigenvalue weighted by molar-refractivity contribution is 0.240. The topological polar surface area (TPSA) is 73.3 Å². The van der Waals surface area contributed by atoms with Crippen LogP contribution < -0.4 is 10.6 Å². The maximum absolute atomic E-state index is 9.60. The highest BCUT2D eigenvalue weighted by molar-refractivity contribution is 5.61. The molecule has 0 aliphatic carbocycles. The zero-order valence-corrected chi connectivity index (χ0v) is 18.8. The molecule has 0 unspecified atom stereocenters. The van der Waals surface area contributed by atoms with Gasteiger partial charge in [-0.1, -0.05) is 37.3 Å². The van der Waals surface area contributed by atoms with Crippen LogP contribution in [0.4, 0.5) is 5.95 Å². The van der Waals surface area contributed by atoms with Gasteiger partial charge < -0.3 is 15.7 Å². The lowest BCUT2D eigenvalue weighted by Crippen LogP contribution is -2.30. The molecule has 0 amide bonds. The van der Waals surface area contributed by atoms with Crippen LogP contribution in [0, 0.1) is 5.92 Å². The van der Waals surface area contributed by atoms with Crippen LogP contribution in [0.2, 0.25) is 0 Å². The molecule has 2 heterocycles. The minimum absolute atomic E-state index is 0.294. The Morgan fingerprint density at radius 1 is 1.12 bits per heavy atom. The summed E-state index contributed by atoms with van der Waals surface area (Å²) in [4.78, 5) is 11.6. The van der Waals surface area contributed by atoms with Gasteiger partial charge in [-0.15, -0.1) is 0 Å². The Kier molecular flexibility index (Phi) is 7.69. The summed E-state index contributed by atoms with van der Waals surface area (Å²) in [6.45, 7) is 8.39. The van der Waals surface area contributed by atoms with E-state index in [0.29, 0.717) is 18.2 Å². The number of hydrogen-bond donors (Lipinski definition) is 3. The van der Waals surface area contributed by atoms with E-state index in [4.69, 9.17) is 4.98 Å². The third-order valence-electron chi connectivity index (χ3n) is 6.02. The van der Waals surface area contributed by atoms with Crippen molar-refractivity contribution in [1.29, 1.82) is 0 Å². The van der Waals surface area contributed by atoms with Gasteiger partial charge in [-0.2, -0.15) is 0 Å². The number of rotatable bonds is 10. The van der Waals surface area contributed by atoms with Crippen molar-refractivity contribution in [3.05, 3.63) is 71.9 Å². The summed E-state index contributed by atoms with van der Waals surface area (Å²) in [6.07, 6.45) is 3.87. The summed E-state index contributed by atoms with van der Waals surface area (Å²) in [5.41, 5.74) is 4.42. The van der Waals surface area contributed by atoms with Gasteiger partial charge in [0, 0.05) is 31.4 Å². The number of benzene rings is 2. The van der Waals surface area contributed by atoms with Crippen LogP contribution >= 0.6 is 0 Å². The number of anilines is 1. The van der Waals surface area contributed by atoms with Gasteiger partial charge in [-0.05, 0) is 73.8 Å². The SMILES string of the molecule is CCN(Cc1cccc(-c2ccnc(NCCc3cccc(O)c3)n2)c1)C[C@H]1CCNC1. The van der Waals surface area contributed by atoms with E-state index in [9.17, 15) is 5.11 Å². The normalized spacial score (nSPS) is 15.9. The number of nitrogens with one attached hydrogen (secondary N) is 2. The van der Waals surface area contributed by atoms with Crippen molar-refractivity contribution < 1.29 is 5.11 Å². The predicted octanol–water partition coefficient (Wildman–Crippen LogP) is 3.94. The molecule has 1 aliphatic rings. The standard InChI is InChI=1S/C26H33N5O/c1-2-31(19-22-9-12-27-17-22)18-21-6-3-7-23(15-21)25-11-14-29-26(30-25)28-13-10-20-5-4-8-24(32)16-20/h3-8,11,14-16,22,27,32H,2,9-10,12-13,17-19H2,1H3,(H,28,29,30)/t22-/m0/s1. The Hall–Kier alpha value is -2.96. The molecular formula is C26H33N5O. The van der Waals surface area contributed by atoms with E-state index >= 15 is 0 Å². The van der Waals surface area contributed by atoms with Crippen LogP contribution in [-0.2, 0) is 13.0 Å². The van der Waals surface area contributed by atoms with E-state index in [1.807, 2.05) is 18.2 Å². The smallest absolute Gasteiger partial charge is 0.223 e. The van der Waals surface area contributed by atoms with E-state index in [1.165, 1.54) is 12.0 Å². The van der Waals surface area contributed by atoms with Gasteiger partial charge in [-0.25, -0.2) is 9.97 Å². The molecule has 4 rings (SSSR count). The molecule has 3 N–H and O–H groups in total. The summed E-state index contributed by atoms with van der Waals surface area (Å²) < 4.78 is 0. The Bertz CT molecular complexity index is 1000. The predicted molar refractivity (Wildman–Crippen MR) is 130 cm³/mol. The first-order chi connectivity index (χ1) is 15.7. The van der Waals surface area contributed by atoms with Crippen molar-refractivity contribution in [2.45, 2.75) is 26.3 Å². The quantitative estimate of drug-likeness (QED) is 0.452. The van der Waals surface area contributed by atoms with Crippen LogP contribution in [-0.4, -0.2) is 52.7 Å². The van der Waals surface area contributed by atoms with Crippen LogP contribution in [0.5, 0.6) is 5.75 Å². The molecule has 1 saturated heterocycles. The first-order valence-corrected chi connectivity index (χ1v) is 11.6. The van der Waals surface area contributed by atoms with Crippen molar-refractivity contribution in [3.8, 4) is 17.0 Å². The zero-order valence-electron chi connectivity index (χ0n) is 18.8. The zero-order chi connectivity index (χ0) is 22.2. The number of aromatic hydroxyl groups is 1. The number of aromatic nitrogens is 2. The fourth-order valence-electron chi connectivity index (χ4n) is 4.26. The van der Waals surface area contributed by atoms with Gasteiger partial charge in [0.2, 0.25) is 5.95 Å². The first kappa shape index (κ1) is 22.2. The lowest BCUT2D eigenvalue weighted by atomic mass is 10.1. The molecule has 0 bridgehead atoms. The van der Waals surface area contributed by atoms with Crippen molar-refractivity contribution in [2.24, 2.45) is 5.92 Å². The fraction of sp³-hybridized carbons (Fsp3) is 0.385. The van der Waals surface area contributed by atoms with Gasteiger partial charge in [0.25, 0.3) is 0 Å². The van der Waals surface area contributed by atoms with Gasteiger partial charge in [0.05, 0.1) is 5.69 Å². The summed E-state index contributed by atoms with van der Waals surface area (Å²) in [7, 11) is 0. The first-order valence-electron chi connectivity index (χ1n) is 11.6. The minimum atomic E-state index is 0.294. The van der Waals surface area contributed by atoms with Crippen LogP contribution in [0.1, 0.15) is 24.5 Å². The molecule has 32 heavy (non-hydrogen) atoms. The lowest BCUT2D eigenvalue weighted by Gasteiger charge is -2.24. The molecule has 1 aromatic heterocycles. The largest absolute Gasteiger partial charge is 0.508 e. The Morgan fingerprint density at radius 2 is 2.00 bits per heavy atom. The summed E-state index contributed by atoms with van der Waals surface area (Å²) in [5, 5.41) is 16.4. The Morgan fingerprint density at radius 3 is 2.81 bits per heavy atom. The van der Waals surface area contributed by atoms with Crippen LogP contribution in [0.3, 0.4) is 0 Å². The highest BCUT2D eigenvalue weighted by Crippen LogP contribution is 2.21. The maximum Gasteiger partial charge on any atom is 0.223 e. The van der Waals surface area contributed by atoms with Gasteiger partial charge in [0.15, 0.2) is 0 Å². The monoisotopic (exact) mass is 431 g/mol. The molecular weight excluding hydrogens is 398 g/mol. The number of phenolic OH excluding ortho intramolecular Hbond substituents is 1.